The smallest absolute Gasteiger partial charge is 0.356 e. The number of carbonyl (C=O) groups is 1. The first-order chi connectivity index (χ1) is 10.2. The SMILES string of the molecule is O=C(O)c1c(N2CCC(N3CCCC3)C2)nc2sccn12. The van der Waals surface area contributed by atoms with Gasteiger partial charge >= 0.3 is 5.97 Å². The second-order valence-electron chi connectivity index (χ2n) is 5.78. The third kappa shape index (κ3) is 2.11. The van der Waals surface area contributed by atoms with E-state index in [1.165, 1.54) is 37.3 Å². The molecule has 0 radical (unpaired) electrons. The molecule has 4 heterocycles. The Labute approximate surface area is 126 Å². The van der Waals surface area contributed by atoms with E-state index in [4.69, 9.17) is 0 Å². The van der Waals surface area contributed by atoms with Gasteiger partial charge in [0.05, 0.1) is 0 Å². The van der Waals surface area contributed by atoms with E-state index in [0.717, 1.165) is 24.5 Å². The number of imidazole rings is 1. The molecule has 2 aromatic heterocycles. The Morgan fingerprint density at radius 3 is 2.90 bits per heavy atom. The first-order valence-corrected chi connectivity index (χ1v) is 8.30. The van der Waals surface area contributed by atoms with Crippen LogP contribution in [-0.2, 0) is 0 Å². The third-order valence-corrected chi connectivity index (χ3v) is 5.32. The largest absolute Gasteiger partial charge is 0.476 e. The number of fused-ring (bicyclic) bond motifs is 1. The summed E-state index contributed by atoms with van der Waals surface area (Å²) in [6, 6.07) is 0.550. The first kappa shape index (κ1) is 13.1. The van der Waals surface area contributed by atoms with Crippen LogP contribution in [-0.4, -0.2) is 57.6 Å². The Balaban J connectivity index is 1.63. The number of rotatable bonds is 3. The monoisotopic (exact) mass is 306 g/mol. The average Bonchev–Trinajstić information content (AvgIpc) is 3.21. The number of aromatic carboxylic acids is 1. The highest BCUT2D eigenvalue weighted by Crippen LogP contribution is 2.29. The number of aromatic nitrogens is 2. The van der Waals surface area contributed by atoms with E-state index in [2.05, 4.69) is 14.8 Å². The van der Waals surface area contributed by atoms with E-state index < -0.39 is 5.97 Å². The Morgan fingerprint density at radius 2 is 2.14 bits per heavy atom. The molecule has 2 fully saturated rings. The van der Waals surface area contributed by atoms with Crippen molar-refractivity contribution in [3.63, 3.8) is 0 Å². The number of likely N-dealkylation sites (tertiary alicyclic amines) is 1. The van der Waals surface area contributed by atoms with Crippen LogP contribution in [0.1, 0.15) is 29.8 Å². The Kier molecular flexibility index (Phi) is 3.11. The second kappa shape index (κ2) is 4.99. The van der Waals surface area contributed by atoms with Crippen molar-refractivity contribution in [3.05, 3.63) is 17.3 Å². The highest BCUT2D eigenvalue weighted by Gasteiger charge is 2.33. The van der Waals surface area contributed by atoms with Crippen LogP contribution in [0.5, 0.6) is 0 Å². The summed E-state index contributed by atoms with van der Waals surface area (Å²) in [5.41, 5.74) is 0.299. The normalized spacial score (nSPS) is 23.4. The number of carboxylic acid groups (broad SMARTS) is 1. The number of carboxylic acids is 1. The minimum atomic E-state index is -0.902. The molecular formula is C14H18N4O2S. The van der Waals surface area contributed by atoms with E-state index in [-0.39, 0.29) is 0 Å². The maximum absolute atomic E-state index is 11.6. The third-order valence-electron chi connectivity index (χ3n) is 4.57. The van der Waals surface area contributed by atoms with Crippen molar-refractivity contribution in [2.24, 2.45) is 0 Å². The van der Waals surface area contributed by atoms with Crippen LogP contribution in [0.2, 0.25) is 0 Å². The van der Waals surface area contributed by atoms with Crippen molar-refractivity contribution < 1.29 is 9.90 Å². The quantitative estimate of drug-likeness (QED) is 0.936. The molecule has 0 saturated carbocycles. The average molecular weight is 306 g/mol. The molecular weight excluding hydrogens is 288 g/mol. The van der Waals surface area contributed by atoms with Gasteiger partial charge in [0.25, 0.3) is 0 Å². The van der Waals surface area contributed by atoms with E-state index in [0.29, 0.717) is 17.6 Å². The lowest BCUT2D eigenvalue weighted by Crippen LogP contribution is -2.35. The molecule has 2 aliphatic rings. The fourth-order valence-electron chi connectivity index (χ4n) is 3.53. The zero-order chi connectivity index (χ0) is 14.4. The summed E-state index contributed by atoms with van der Waals surface area (Å²) in [4.78, 5) is 21.6. The number of hydrogen-bond donors (Lipinski definition) is 1. The van der Waals surface area contributed by atoms with Gasteiger partial charge in [0.1, 0.15) is 0 Å². The molecule has 2 saturated heterocycles. The molecule has 112 valence electrons. The molecule has 0 aromatic carbocycles. The highest BCUT2D eigenvalue weighted by atomic mass is 32.1. The predicted octanol–water partition coefficient (Wildman–Crippen LogP) is 1.77. The Bertz CT molecular complexity index is 674. The molecule has 4 rings (SSSR count). The minimum Gasteiger partial charge on any atom is -0.476 e. The van der Waals surface area contributed by atoms with Gasteiger partial charge in [-0.1, -0.05) is 0 Å². The molecule has 1 unspecified atom stereocenters. The fraction of sp³-hybridized carbons (Fsp3) is 0.571. The van der Waals surface area contributed by atoms with Gasteiger partial charge < -0.3 is 10.0 Å². The van der Waals surface area contributed by atoms with Gasteiger partial charge in [-0.3, -0.25) is 9.30 Å². The summed E-state index contributed by atoms with van der Waals surface area (Å²) in [6.45, 7) is 4.16. The zero-order valence-electron chi connectivity index (χ0n) is 11.7. The standard InChI is InChI=1S/C14H18N4O2S/c19-13(20)11-12(15-14-18(11)7-8-21-14)17-6-3-10(9-17)16-4-1-2-5-16/h7-8,10H,1-6,9H2,(H,19,20). The summed E-state index contributed by atoms with van der Waals surface area (Å²) in [7, 11) is 0. The Hall–Kier alpha value is -1.60. The fourth-order valence-corrected chi connectivity index (χ4v) is 4.24. The molecule has 1 N–H and O–H groups in total. The lowest BCUT2D eigenvalue weighted by molar-refractivity contribution is 0.0690. The summed E-state index contributed by atoms with van der Waals surface area (Å²) in [5.74, 6) is -0.267. The van der Waals surface area contributed by atoms with E-state index in [1.807, 2.05) is 5.38 Å². The molecule has 2 aromatic rings. The van der Waals surface area contributed by atoms with Gasteiger partial charge in [0.15, 0.2) is 16.5 Å². The second-order valence-corrected chi connectivity index (χ2v) is 6.65. The molecule has 2 aliphatic heterocycles. The molecule has 0 amide bonds. The van der Waals surface area contributed by atoms with Gasteiger partial charge in [-0.15, -0.1) is 11.3 Å². The number of anilines is 1. The van der Waals surface area contributed by atoms with Crippen LogP contribution in [0, 0.1) is 0 Å². The van der Waals surface area contributed by atoms with Crippen molar-refractivity contribution in [1.29, 1.82) is 0 Å². The predicted molar refractivity (Wildman–Crippen MR) is 81.5 cm³/mol. The number of nitrogens with zero attached hydrogens (tertiary/aromatic N) is 4. The maximum Gasteiger partial charge on any atom is 0.356 e. The van der Waals surface area contributed by atoms with Crippen molar-refractivity contribution in [2.75, 3.05) is 31.1 Å². The summed E-state index contributed by atoms with van der Waals surface area (Å²) in [5, 5.41) is 11.4. The highest BCUT2D eigenvalue weighted by molar-refractivity contribution is 7.15. The van der Waals surface area contributed by atoms with Gasteiger partial charge in [0.2, 0.25) is 0 Å². The van der Waals surface area contributed by atoms with Gasteiger partial charge in [0, 0.05) is 30.7 Å². The van der Waals surface area contributed by atoms with Crippen LogP contribution >= 0.6 is 11.3 Å². The van der Waals surface area contributed by atoms with Crippen molar-refractivity contribution >= 4 is 28.1 Å². The summed E-state index contributed by atoms with van der Waals surface area (Å²) in [6.07, 6.45) is 5.46. The molecule has 21 heavy (non-hydrogen) atoms. The minimum absolute atomic E-state index is 0.299. The number of thiazole rings is 1. The maximum atomic E-state index is 11.6. The molecule has 0 spiro atoms. The van der Waals surface area contributed by atoms with Crippen LogP contribution in [0.3, 0.4) is 0 Å². The van der Waals surface area contributed by atoms with Crippen LogP contribution in [0.4, 0.5) is 5.82 Å². The van der Waals surface area contributed by atoms with E-state index in [9.17, 15) is 9.90 Å². The lowest BCUT2D eigenvalue weighted by atomic mass is 10.2. The lowest BCUT2D eigenvalue weighted by Gasteiger charge is -2.23. The van der Waals surface area contributed by atoms with Crippen molar-refractivity contribution in [2.45, 2.75) is 25.3 Å². The topological polar surface area (TPSA) is 61.1 Å². The molecule has 1 atom stereocenters. The van der Waals surface area contributed by atoms with E-state index in [1.54, 1.807) is 10.6 Å². The molecule has 6 nitrogen and oxygen atoms in total. The van der Waals surface area contributed by atoms with Gasteiger partial charge in [-0.2, -0.15) is 0 Å². The zero-order valence-corrected chi connectivity index (χ0v) is 12.6. The van der Waals surface area contributed by atoms with Crippen molar-refractivity contribution in [1.82, 2.24) is 14.3 Å². The van der Waals surface area contributed by atoms with Crippen LogP contribution in [0.15, 0.2) is 11.6 Å². The van der Waals surface area contributed by atoms with Gasteiger partial charge in [-0.25, -0.2) is 9.78 Å². The van der Waals surface area contributed by atoms with Gasteiger partial charge in [-0.05, 0) is 32.4 Å². The van der Waals surface area contributed by atoms with E-state index >= 15 is 0 Å². The molecule has 7 heteroatoms. The molecule has 0 aliphatic carbocycles. The summed E-state index contributed by atoms with van der Waals surface area (Å²) < 4.78 is 1.69. The van der Waals surface area contributed by atoms with Crippen LogP contribution in [0.25, 0.3) is 4.96 Å². The first-order valence-electron chi connectivity index (χ1n) is 7.42. The Morgan fingerprint density at radius 1 is 1.33 bits per heavy atom. The van der Waals surface area contributed by atoms with Crippen molar-refractivity contribution in [3.8, 4) is 0 Å². The van der Waals surface area contributed by atoms with Crippen LogP contribution < -0.4 is 4.90 Å². The number of hydrogen-bond acceptors (Lipinski definition) is 5. The summed E-state index contributed by atoms with van der Waals surface area (Å²) >= 11 is 1.48. The molecule has 0 bridgehead atoms.